The summed E-state index contributed by atoms with van der Waals surface area (Å²) in [5.74, 6) is 0.983. The number of benzene rings is 2. The molecule has 0 aliphatic rings. The SMILES string of the molecule is COc1cccc(-c2cc(C(=O)NCCc3c[nH]c4ccccc34)no2)c1. The highest BCUT2D eigenvalue weighted by Crippen LogP contribution is 2.24. The highest BCUT2D eigenvalue weighted by atomic mass is 16.5. The van der Waals surface area contributed by atoms with E-state index in [1.807, 2.05) is 48.7 Å². The van der Waals surface area contributed by atoms with E-state index in [0.29, 0.717) is 18.1 Å². The molecule has 2 aromatic carbocycles. The van der Waals surface area contributed by atoms with E-state index in [1.54, 1.807) is 13.2 Å². The highest BCUT2D eigenvalue weighted by molar-refractivity contribution is 5.93. The largest absolute Gasteiger partial charge is 0.497 e. The minimum Gasteiger partial charge on any atom is -0.497 e. The lowest BCUT2D eigenvalue weighted by Gasteiger charge is -2.02. The van der Waals surface area contributed by atoms with Crippen molar-refractivity contribution in [3.8, 4) is 17.1 Å². The molecule has 6 heteroatoms. The first-order chi connectivity index (χ1) is 13.2. The fourth-order valence-electron chi connectivity index (χ4n) is 3.03. The van der Waals surface area contributed by atoms with Crippen molar-refractivity contribution in [1.82, 2.24) is 15.5 Å². The zero-order valence-corrected chi connectivity index (χ0v) is 14.9. The topological polar surface area (TPSA) is 80.1 Å². The quantitative estimate of drug-likeness (QED) is 0.547. The molecule has 2 heterocycles. The zero-order chi connectivity index (χ0) is 18.6. The molecule has 0 aliphatic carbocycles. The number of methoxy groups -OCH3 is 1. The van der Waals surface area contributed by atoms with Crippen molar-refractivity contribution in [2.75, 3.05) is 13.7 Å². The molecule has 0 fully saturated rings. The number of nitrogens with one attached hydrogen (secondary N) is 2. The van der Waals surface area contributed by atoms with E-state index in [0.717, 1.165) is 17.5 Å². The van der Waals surface area contributed by atoms with Gasteiger partial charge in [0, 0.05) is 35.3 Å². The average molecular weight is 361 g/mol. The Morgan fingerprint density at radius 1 is 1.19 bits per heavy atom. The van der Waals surface area contributed by atoms with Crippen molar-refractivity contribution in [3.63, 3.8) is 0 Å². The van der Waals surface area contributed by atoms with Gasteiger partial charge in [-0.3, -0.25) is 4.79 Å². The Labute approximate surface area is 156 Å². The maximum atomic E-state index is 12.3. The number of ether oxygens (including phenoxy) is 1. The van der Waals surface area contributed by atoms with Gasteiger partial charge in [-0.15, -0.1) is 0 Å². The van der Waals surface area contributed by atoms with Crippen molar-refractivity contribution in [1.29, 1.82) is 0 Å². The predicted octanol–water partition coefficient (Wildman–Crippen LogP) is 3.80. The Hall–Kier alpha value is -3.54. The summed E-state index contributed by atoms with van der Waals surface area (Å²) in [4.78, 5) is 15.6. The van der Waals surface area contributed by atoms with E-state index in [2.05, 4.69) is 21.5 Å². The molecule has 0 bridgehead atoms. The van der Waals surface area contributed by atoms with E-state index in [1.165, 1.54) is 10.9 Å². The van der Waals surface area contributed by atoms with Crippen molar-refractivity contribution < 1.29 is 14.1 Å². The average Bonchev–Trinajstić information content (AvgIpc) is 3.36. The van der Waals surface area contributed by atoms with Gasteiger partial charge in [0.15, 0.2) is 11.5 Å². The second-order valence-corrected chi connectivity index (χ2v) is 6.17. The number of aromatic amines is 1. The third-order valence-electron chi connectivity index (χ3n) is 4.45. The third kappa shape index (κ3) is 3.55. The first kappa shape index (κ1) is 16.9. The molecule has 0 spiro atoms. The van der Waals surface area contributed by atoms with Crippen LogP contribution in [0.5, 0.6) is 5.75 Å². The number of aromatic nitrogens is 2. The monoisotopic (exact) mass is 361 g/mol. The summed E-state index contributed by atoms with van der Waals surface area (Å²) < 4.78 is 10.5. The first-order valence-electron chi connectivity index (χ1n) is 8.69. The fraction of sp³-hybridized carbons (Fsp3) is 0.143. The van der Waals surface area contributed by atoms with Crippen molar-refractivity contribution in [3.05, 3.63) is 72.1 Å². The Bertz CT molecular complexity index is 1080. The van der Waals surface area contributed by atoms with Crippen LogP contribution in [0.1, 0.15) is 16.1 Å². The number of hydrogen-bond acceptors (Lipinski definition) is 4. The normalized spacial score (nSPS) is 10.9. The van der Waals surface area contributed by atoms with Gasteiger partial charge < -0.3 is 19.6 Å². The molecule has 0 unspecified atom stereocenters. The number of fused-ring (bicyclic) bond motifs is 1. The van der Waals surface area contributed by atoms with Gasteiger partial charge in [0.05, 0.1) is 7.11 Å². The Balaban J connectivity index is 1.39. The number of carbonyl (C=O) groups excluding carboxylic acids is 1. The van der Waals surface area contributed by atoms with Crippen molar-refractivity contribution in [2.24, 2.45) is 0 Å². The maximum Gasteiger partial charge on any atom is 0.273 e. The van der Waals surface area contributed by atoms with E-state index in [4.69, 9.17) is 9.26 Å². The van der Waals surface area contributed by atoms with Gasteiger partial charge in [0.2, 0.25) is 0 Å². The number of hydrogen-bond donors (Lipinski definition) is 2. The van der Waals surface area contributed by atoms with Crippen LogP contribution in [-0.2, 0) is 6.42 Å². The smallest absolute Gasteiger partial charge is 0.273 e. The number of carbonyl (C=O) groups is 1. The second-order valence-electron chi connectivity index (χ2n) is 6.17. The van der Waals surface area contributed by atoms with Crippen LogP contribution in [0.4, 0.5) is 0 Å². The molecule has 0 radical (unpaired) electrons. The molecule has 0 atom stereocenters. The molecule has 4 rings (SSSR count). The highest BCUT2D eigenvalue weighted by Gasteiger charge is 2.14. The fourth-order valence-corrected chi connectivity index (χ4v) is 3.03. The van der Waals surface area contributed by atoms with Gasteiger partial charge in [-0.2, -0.15) is 0 Å². The first-order valence-corrected chi connectivity index (χ1v) is 8.69. The molecule has 27 heavy (non-hydrogen) atoms. The van der Waals surface area contributed by atoms with E-state index >= 15 is 0 Å². The molecule has 0 saturated carbocycles. The van der Waals surface area contributed by atoms with Crippen LogP contribution in [0.25, 0.3) is 22.2 Å². The zero-order valence-electron chi connectivity index (χ0n) is 14.9. The minimum absolute atomic E-state index is 0.256. The molecule has 0 aliphatic heterocycles. The molecular formula is C21H19N3O3. The summed E-state index contributed by atoms with van der Waals surface area (Å²) in [6, 6.07) is 17.2. The number of para-hydroxylation sites is 1. The third-order valence-corrected chi connectivity index (χ3v) is 4.45. The van der Waals surface area contributed by atoms with Gasteiger partial charge in [0.1, 0.15) is 5.75 Å². The van der Waals surface area contributed by atoms with Gasteiger partial charge >= 0.3 is 0 Å². The van der Waals surface area contributed by atoms with E-state index < -0.39 is 0 Å². The molecule has 136 valence electrons. The maximum absolute atomic E-state index is 12.3. The van der Waals surface area contributed by atoms with Gasteiger partial charge in [0.25, 0.3) is 5.91 Å². The lowest BCUT2D eigenvalue weighted by atomic mass is 10.1. The minimum atomic E-state index is -0.257. The van der Waals surface area contributed by atoms with Gasteiger partial charge in [-0.1, -0.05) is 35.5 Å². The van der Waals surface area contributed by atoms with Crippen LogP contribution in [0.3, 0.4) is 0 Å². The van der Waals surface area contributed by atoms with Crippen LogP contribution >= 0.6 is 0 Å². The van der Waals surface area contributed by atoms with Gasteiger partial charge in [-0.25, -0.2) is 0 Å². The van der Waals surface area contributed by atoms with E-state index in [-0.39, 0.29) is 11.6 Å². The summed E-state index contributed by atoms with van der Waals surface area (Å²) in [5, 5.41) is 7.94. The molecule has 4 aromatic rings. The van der Waals surface area contributed by atoms with Crippen LogP contribution in [0.15, 0.2) is 65.3 Å². The van der Waals surface area contributed by atoms with Crippen molar-refractivity contribution >= 4 is 16.8 Å². The lowest BCUT2D eigenvalue weighted by molar-refractivity contribution is 0.0945. The lowest BCUT2D eigenvalue weighted by Crippen LogP contribution is -2.25. The molecular weight excluding hydrogens is 342 g/mol. The Morgan fingerprint density at radius 3 is 2.96 bits per heavy atom. The number of nitrogens with zero attached hydrogens (tertiary/aromatic N) is 1. The molecule has 1 amide bonds. The summed E-state index contributed by atoms with van der Waals surface area (Å²) in [7, 11) is 1.60. The van der Waals surface area contributed by atoms with Crippen LogP contribution in [-0.4, -0.2) is 29.7 Å². The summed E-state index contributed by atoms with van der Waals surface area (Å²) in [5.41, 5.74) is 3.33. The molecule has 0 saturated heterocycles. The van der Waals surface area contributed by atoms with E-state index in [9.17, 15) is 4.79 Å². The summed E-state index contributed by atoms with van der Waals surface area (Å²) >= 11 is 0. The molecule has 2 N–H and O–H groups in total. The van der Waals surface area contributed by atoms with Crippen LogP contribution in [0, 0.1) is 0 Å². The molecule has 6 nitrogen and oxygen atoms in total. The summed E-state index contributed by atoms with van der Waals surface area (Å²) in [6.07, 6.45) is 2.71. The molecule has 2 aromatic heterocycles. The van der Waals surface area contributed by atoms with Crippen LogP contribution in [0.2, 0.25) is 0 Å². The number of amides is 1. The summed E-state index contributed by atoms with van der Waals surface area (Å²) in [6.45, 7) is 0.516. The second kappa shape index (κ2) is 7.37. The number of H-pyrrole nitrogens is 1. The van der Waals surface area contributed by atoms with Crippen molar-refractivity contribution in [2.45, 2.75) is 6.42 Å². The van der Waals surface area contributed by atoms with Gasteiger partial charge in [-0.05, 0) is 30.2 Å². The predicted molar refractivity (Wildman–Crippen MR) is 103 cm³/mol. The van der Waals surface area contributed by atoms with Crippen LogP contribution < -0.4 is 10.1 Å². The number of rotatable bonds is 6. The Morgan fingerprint density at radius 2 is 2.07 bits per heavy atom. The standard InChI is InChI=1S/C21H19N3O3/c1-26-16-6-4-5-14(11-16)20-12-19(24-27-20)21(25)22-10-9-15-13-23-18-8-3-2-7-17(15)18/h2-8,11-13,23H,9-10H2,1H3,(H,22,25). The Kier molecular flexibility index (Phi) is 4.61.